The normalized spacial score (nSPS) is 19.7. The highest BCUT2D eigenvalue weighted by Crippen LogP contribution is 2.31. The molecule has 1 aromatic rings. The summed E-state index contributed by atoms with van der Waals surface area (Å²) in [4.78, 5) is 23.3. The smallest absolute Gasteiger partial charge is 0.335 e. The van der Waals surface area contributed by atoms with Crippen molar-refractivity contribution in [3.63, 3.8) is 0 Å². The van der Waals surface area contributed by atoms with Gasteiger partial charge in [0.25, 0.3) is 0 Å². The van der Waals surface area contributed by atoms with Gasteiger partial charge in [0.2, 0.25) is 0 Å². The van der Waals surface area contributed by atoms with Crippen molar-refractivity contribution in [2.45, 2.75) is 63.2 Å². The van der Waals surface area contributed by atoms with E-state index in [9.17, 15) is 9.59 Å². The molecule has 0 aromatic heterocycles. The molecule has 2 aliphatic carbocycles. The number of carbonyl (C=O) groups excluding carboxylic acids is 2. The highest BCUT2D eigenvalue weighted by Gasteiger charge is 2.20. The molecule has 1 aromatic carbocycles. The van der Waals surface area contributed by atoms with Crippen LogP contribution in [0.15, 0.2) is 115 Å². The van der Waals surface area contributed by atoms with Gasteiger partial charge in [0.15, 0.2) is 0 Å². The highest BCUT2D eigenvalue weighted by atomic mass is 127. The molecule has 2 aliphatic rings. The summed E-state index contributed by atoms with van der Waals surface area (Å²) in [5.74, 6) is 0.181. The molecule has 210 valence electrons. The number of hydrogen-bond donors (Lipinski definition) is 0. The Hall–Kier alpha value is -3.19. The van der Waals surface area contributed by atoms with Crippen LogP contribution in [0.25, 0.3) is 0 Å². The molecule has 1 atom stereocenters. The van der Waals surface area contributed by atoms with E-state index in [1.165, 1.54) is 40.0 Å². The van der Waals surface area contributed by atoms with Crippen molar-refractivity contribution in [1.29, 1.82) is 0 Å². The summed E-state index contributed by atoms with van der Waals surface area (Å²) in [6.45, 7) is 15.5. The van der Waals surface area contributed by atoms with E-state index in [0.717, 1.165) is 32.1 Å². The van der Waals surface area contributed by atoms with Gasteiger partial charge in [0, 0.05) is 17.6 Å². The first kappa shape index (κ1) is 31.3. The van der Waals surface area contributed by atoms with Gasteiger partial charge in [0.1, 0.15) is 11.5 Å². The standard InChI is InChI=1S/C35H39IO4/c1-7-28-20-25(10-11-26-14-18-30(39-32(37)8-2)23-34(4,5)21-26)12-16-29(28)17-13-27-15-19-31(40-33(38)9-3)24-35(6,36)22-27/h8-9,12,14-16,18-24H,2-3,7,10-11,13,17H2,1,4-6H3. The van der Waals surface area contributed by atoms with Gasteiger partial charge in [-0.05, 0) is 85.6 Å². The molecule has 0 saturated carbocycles. The van der Waals surface area contributed by atoms with Crippen molar-refractivity contribution >= 4 is 34.5 Å². The van der Waals surface area contributed by atoms with Crippen LogP contribution < -0.4 is 0 Å². The number of ether oxygens (including phenoxy) is 2. The monoisotopic (exact) mass is 650 g/mol. The second-order valence-electron chi connectivity index (χ2n) is 10.9. The number of esters is 2. The van der Waals surface area contributed by atoms with Crippen LogP contribution in [-0.4, -0.2) is 15.4 Å². The van der Waals surface area contributed by atoms with Gasteiger partial charge in [-0.3, -0.25) is 0 Å². The summed E-state index contributed by atoms with van der Waals surface area (Å²) in [7, 11) is 0. The molecule has 40 heavy (non-hydrogen) atoms. The Labute approximate surface area is 252 Å². The zero-order valence-electron chi connectivity index (χ0n) is 24.0. The fourth-order valence-electron chi connectivity index (χ4n) is 4.87. The van der Waals surface area contributed by atoms with Crippen molar-refractivity contribution in [3.05, 3.63) is 131 Å². The van der Waals surface area contributed by atoms with Crippen LogP contribution in [0.1, 0.15) is 57.2 Å². The molecule has 0 spiro atoms. The molecule has 0 saturated heterocycles. The molecule has 3 rings (SSSR count). The Morgan fingerprint density at radius 1 is 0.775 bits per heavy atom. The maximum Gasteiger partial charge on any atom is 0.335 e. The first-order chi connectivity index (χ1) is 18.9. The Balaban J connectivity index is 1.65. The summed E-state index contributed by atoms with van der Waals surface area (Å²) < 4.78 is 10.5. The van der Waals surface area contributed by atoms with Gasteiger partial charge in [-0.15, -0.1) is 0 Å². The van der Waals surface area contributed by atoms with Crippen LogP contribution >= 0.6 is 22.6 Å². The number of halogens is 1. The summed E-state index contributed by atoms with van der Waals surface area (Å²) in [6.07, 6.45) is 23.2. The van der Waals surface area contributed by atoms with Gasteiger partial charge >= 0.3 is 11.9 Å². The van der Waals surface area contributed by atoms with Gasteiger partial charge in [-0.2, -0.15) is 0 Å². The van der Waals surface area contributed by atoms with Crippen LogP contribution in [0, 0.1) is 5.41 Å². The Morgan fingerprint density at radius 3 is 1.95 bits per heavy atom. The van der Waals surface area contributed by atoms with E-state index in [2.05, 4.69) is 93.8 Å². The first-order valence-corrected chi connectivity index (χ1v) is 14.7. The Kier molecular flexibility index (Phi) is 10.9. The number of alkyl halides is 1. The minimum atomic E-state index is -0.454. The third kappa shape index (κ3) is 9.77. The van der Waals surface area contributed by atoms with Crippen LogP contribution in [0.4, 0.5) is 0 Å². The third-order valence-electron chi connectivity index (χ3n) is 6.69. The van der Waals surface area contributed by atoms with E-state index in [1.54, 1.807) is 0 Å². The van der Waals surface area contributed by atoms with Crippen molar-refractivity contribution in [2.24, 2.45) is 5.41 Å². The number of carbonyl (C=O) groups is 2. The number of allylic oxidation sites excluding steroid dienone is 10. The quantitative estimate of drug-likeness (QED) is 0.104. The van der Waals surface area contributed by atoms with Gasteiger partial charge in [-0.1, -0.05) is 105 Å². The van der Waals surface area contributed by atoms with Gasteiger partial charge in [0.05, 0.1) is 3.42 Å². The molecule has 4 nitrogen and oxygen atoms in total. The molecule has 0 radical (unpaired) electrons. The Bertz CT molecular complexity index is 1350. The second kappa shape index (κ2) is 13.9. The van der Waals surface area contributed by atoms with Crippen molar-refractivity contribution in [2.75, 3.05) is 0 Å². The topological polar surface area (TPSA) is 52.6 Å². The molecule has 0 N–H and O–H groups in total. The minimum Gasteiger partial charge on any atom is -0.424 e. The average Bonchev–Trinajstić information content (AvgIpc) is 3.14. The van der Waals surface area contributed by atoms with Crippen LogP contribution in [0.5, 0.6) is 0 Å². The summed E-state index contributed by atoms with van der Waals surface area (Å²) in [6, 6.07) is 6.85. The fourth-order valence-corrected chi connectivity index (χ4v) is 5.58. The lowest BCUT2D eigenvalue weighted by atomic mass is 9.89. The summed E-state index contributed by atoms with van der Waals surface area (Å²) in [5, 5.41) is 0. The van der Waals surface area contributed by atoms with E-state index >= 15 is 0 Å². The van der Waals surface area contributed by atoms with E-state index in [4.69, 9.17) is 9.47 Å². The second-order valence-corrected chi connectivity index (χ2v) is 13.2. The lowest BCUT2D eigenvalue weighted by Crippen LogP contribution is -2.10. The number of rotatable bonds is 11. The molecule has 0 aliphatic heterocycles. The van der Waals surface area contributed by atoms with E-state index in [-0.39, 0.29) is 8.84 Å². The molecular formula is C35H39IO4. The predicted molar refractivity (Wildman–Crippen MR) is 172 cm³/mol. The number of hydrogen-bond acceptors (Lipinski definition) is 4. The zero-order chi connectivity index (χ0) is 29.3. The number of aryl methyl sites for hydroxylation is 3. The summed E-state index contributed by atoms with van der Waals surface area (Å²) >= 11 is 2.37. The maximum absolute atomic E-state index is 11.7. The van der Waals surface area contributed by atoms with Crippen molar-refractivity contribution < 1.29 is 19.1 Å². The molecule has 0 amide bonds. The average molecular weight is 651 g/mol. The third-order valence-corrected chi connectivity index (χ3v) is 7.32. The predicted octanol–water partition coefficient (Wildman–Crippen LogP) is 8.55. The SMILES string of the molecule is C=CC(=O)OC1=CC(C)(C)C=C(CCc2ccc(CCC3=CC(C)(I)C=C(OC(=O)C=C)C=C3)c(CC)c2)C=C1. The van der Waals surface area contributed by atoms with Gasteiger partial charge in [-0.25, -0.2) is 9.59 Å². The summed E-state index contributed by atoms with van der Waals surface area (Å²) in [5.41, 5.74) is 6.25. The van der Waals surface area contributed by atoms with E-state index in [1.807, 2.05) is 36.5 Å². The molecule has 1 unspecified atom stereocenters. The van der Waals surface area contributed by atoms with Crippen molar-refractivity contribution in [3.8, 4) is 0 Å². The first-order valence-electron chi connectivity index (χ1n) is 13.7. The fraction of sp³-hybridized carbons (Fsp3) is 0.314. The van der Waals surface area contributed by atoms with Crippen LogP contribution in [0.2, 0.25) is 0 Å². The van der Waals surface area contributed by atoms with E-state index in [0.29, 0.717) is 11.5 Å². The van der Waals surface area contributed by atoms with Crippen LogP contribution in [-0.2, 0) is 38.3 Å². The highest BCUT2D eigenvalue weighted by molar-refractivity contribution is 14.1. The Morgan fingerprint density at radius 2 is 1.35 bits per heavy atom. The molecule has 5 heteroatoms. The molecule has 0 fully saturated rings. The minimum absolute atomic E-state index is 0.229. The number of benzene rings is 1. The largest absolute Gasteiger partial charge is 0.424 e. The van der Waals surface area contributed by atoms with Crippen LogP contribution in [0.3, 0.4) is 0 Å². The zero-order valence-corrected chi connectivity index (χ0v) is 26.1. The molecular weight excluding hydrogens is 611 g/mol. The van der Waals surface area contributed by atoms with Gasteiger partial charge < -0.3 is 9.47 Å². The molecule has 0 heterocycles. The lowest BCUT2D eigenvalue weighted by molar-refractivity contribution is -0.134. The maximum atomic E-state index is 11.7. The van der Waals surface area contributed by atoms with Crippen molar-refractivity contribution in [1.82, 2.24) is 0 Å². The lowest BCUT2D eigenvalue weighted by Gasteiger charge is -2.17. The van der Waals surface area contributed by atoms with E-state index < -0.39 is 11.9 Å². The molecule has 0 bridgehead atoms.